The number of carbonyl (C=O) groups is 1. The Labute approximate surface area is 162 Å². The van der Waals surface area contributed by atoms with E-state index in [4.69, 9.17) is 4.74 Å². The third kappa shape index (κ3) is 4.48. The third-order valence-electron chi connectivity index (χ3n) is 3.71. The van der Waals surface area contributed by atoms with Crippen LogP contribution in [0.25, 0.3) is 10.8 Å². The molecule has 0 bridgehead atoms. The highest BCUT2D eigenvalue weighted by atomic mass is 79.9. The molecule has 27 heavy (non-hydrogen) atoms. The smallest absolute Gasteiger partial charge is 0.278 e. The number of fused-ring (bicyclic) bond motifs is 1. The molecule has 0 aliphatic heterocycles. The molecule has 0 aromatic heterocycles. The van der Waals surface area contributed by atoms with Crippen LogP contribution in [0.5, 0.6) is 5.75 Å². The van der Waals surface area contributed by atoms with Gasteiger partial charge in [-0.15, -0.1) is 0 Å². The zero-order chi connectivity index (χ0) is 19.2. The molecule has 0 radical (unpaired) electrons. The van der Waals surface area contributed by atoms with E-state index in [2.05, 4.69) is 26.5 Å². The minimum Gasteiger partial charge on any atom is -0.483 e. The Morgan fingerprint density at radius 2 is 1.89 bits per heavy atom. The van der Waals surface area contributed by atoms with Crippen molar-refractivity contribution in [2.24, 2.45) is 5.10 Å². The Morgan fingerprint density at radius 1 is 1.15 bits per heavy atom. The molecule has 0 heterocycles. The number of carbonyl (C=O) groups excluding carboxylic acids is 1. The molecule has 0 saturated carbocycles. The Bertz CT molecular complexity index is 1040. The first-order chi connectivity index (χ1) is 13.1. The number of hydrogen-bond acceptors (Lipinski definition) is 5. The molecule has 3 aromatic carbocycles. The minimum absolute atomic E-state index is 0.0909. The van der Waals surface area contributed by atoms with Crippen molar-refractivity contribution in [3.05, 3.63) is 80.8 Å². The summed E-state index contributed by atoms with van der Waals surface area (Å²) in [6.07, 6.45) is 1.22. The summed E-state index contributed by atoms with van der Waals surface area (Å²) in [7, 11) is 0. The van der Waals surface area contributed by atoms with Crippen LogP contribution in [-0.4, -0.2) is 23.7 Å². The van der Waals surface area contributed by atoms with Gasteiger partial charge >= 0.3 is 0 Å². The first-order valence-electron chi connectivity index (χ1n) is 7.91. The molecule has 0 atom stereocenters. The fourth-order valence-electron chi connectivity index (χ4n) is 2.44. The predicted octanol–water partition coefficient (Wildman–Crippen LogP) is 4.04. The Kier molecular flexibility index (Phi) is 5.77. The first kappa shape index (κ1) is 18.5. The number of nitro groups is 1. The molecule has 1 amide bonds. The van der Waals surface area contributed by atoms with Crippen LogP contribution in [0.2, 0.25) is 0 Å². The van der Waals surface area contributed by atoms with Gasteiger partial charge in [0, 0.05) is 6.07 Å². The summed E-state index contributed by atoms with van der Waals surface area (Å²) >= 11 is 3.49. The molecule has 0 unspecified atom stereocenters. The van der Waals surface area contributed by atoms with Crippen molar-refractivity contribution < 1.29 is 14.5 Å². The molecular weight excluding hydrogens is 414 g/mol. The van der Waals surface area contributed by atoms with E-state index in [1.165, 1.54) is 18.3 Å². The second-order valence-corrected chi connectivity index (χ2v) is 6.29. The number of rotatable bonds is 6. The van der Waals surface area contributed by atoms with Crippen molar-refractivity contribution in [2.75, 3.05) is 6.61 Å². The van der Waals surface area contributed by atoms with Gasteiger partial charge in [-0.05, 0) is 38.8 Å². The summed E-state index contributed by atoms with van der Waals surface area (Å²) in [6.45, 7) is -0.245. The summed E-state index contributed by atoms with van der Waals surface area (Å²) in [6, 6.07) is 17.6. The summed E-state index contributed by atoms with van der Waals surface area (Å²) in [4.78, 5) is 22.3. The van der Waals surface area contributed by atoms with E-state index >= 15 is 0 Å². The average molecular weight is 428 g/mol. The molecule has 3 aromatic rings. The summed E-state index contributed by atoms with van der Waals surface area (Å²) in [5, 5.41) is 16.7. The molecule has 0 aliphatic carbocycles. The second-order valence-electron chi connectivity index (χ2n) is 5.50. The van der Waals surface area contributed by atoms with Gasteiger partial charge in [0.1, 0.15) is 5.75 Å². The van der Waals surface area contributed by atoms with Crippen LogP contribution in [-0.2, 0) is 4.79 Å². The van der Waals surface area contributed by atoms with Crippen molar-refractivity contribution in [3.8, 4) is 5.75 Å². The zero-order valence-electron chi connectivity index (χ0n) is 14.0. The van der Waals surface area contributed by atoms with E-state index < -0.39 is 10.8 Å². The normalized spacial score (nSPS) is 10.9. The Hall–Kier alpha value is -3.26. The molecule has 8 heteroatoms. The number of nitrogens with one attached hydrogen (secondary N) is 1. The maximum Gasteiger partial charge on any atom is 0.278 e. The minimum atomic E-state index is -0.510. The predicted molar refractivity (Wildman–Crippen MR) is 106 cm³/mol. The topological polar surface area (TPSA) is 93.8 Å². The summed E-state index contributed by atoms with van der Waals surface area (Å²) in [5.74, 6) is 0.0522. The molecule has 3 rings (SSSR count). The molecular formula is C19H14BrN3O4. The number of nitro benzene ring substituents is 1. The summed E-state index contributed by atoms with van der Waals surface area (Å²) in [5.41, 5.74) is 2.49. The number of halogens is 1. The maximum absolute atomic E-state index is 11.9. The van der Waals surface area contributed by atoms with E-state index in [9.17, 15) is 14.9 Å². The number of amides is 1. The molecule has 0 spiro atoms. The quantitative estimate of drug-likeness (QED) is 0.364. The molecule has 1 N–H and O–H groups in total. The second kappa shape index (κ2) is 8.41. The lowest BCUT2D eigenvalue weighted by Gasteiger charge is -2.09. The van der Waals surface area contributed by atoms with Gasteiger partial charge in [-0.2, -0.15) is 5.10 Å². The average Bonchev–Trinajstić information content (AvgIpc) is 2.68. The Morgan fingerprint density at radius 3 is 2.70 bits per heavy atom. The fourth-order valence-corrected chi connectivity index (χ4v) is 3.05. The van der Waals surface area contributed by atoms with Crippen molar-refractivity contribution in [2.45, 2.75) is 0 Å². The van der Waals surface area contributed by atoms with Gasteiger partial charge in [0.2, 0.25) is 0 Å². The largest absolute Gasteiger partial charge is 0.483 e. The number of hydrogen-bond donors (Lipinski definition) is 1. The lowest BCUT2D eigenvalue weighted by Crippen LogP contribution is -2.24. The Balaban J connectivity index is 1.61. The SMILES string of the molecule is O=C(COc1ccc2ccccc2c1Br)N/N=C/c1ccccc1[N+](=O)[O-]. The lowest BCUT2D eigenvalue weighted by molar-refractivity contribution is -0.385. The maximum atomic E-state index is 11.9. The molecule has 0 saturated heterocycles. The van der Waals surface area contributed by atoms with E-state index in [0.29, 0.717) is 11.3 Å². The number of ether oxygens (including phenoxy) is 1. The highest BCUT2D eigenvalue weighted by Gasteiger charge is 2.11. The van der Waals surface area contributed by atoms with Crippen LogP contribution in [0.4, 0.5) is 5.69 Å². The van der Waals surface area contributed by atoms with Crippen molar-refractivity contribution in [1.82, 2.24) is 5.43 Å². The molecule has 136 valence electrons. The van der Waals surface area contributed by atoms with Crippen LogP contribution in [0.15, 0.2) is 70.2 Å². The van der Waals surface area contributed by atoms with Crippen molar-refractivity contribution in [1.29, 1.82) is 0 Å². The number of para-hydroxylation sites is 1. The highest BCUT2D eigenvalue weighted by Crippen LogP contribution is 2.32. The van der Waals surface area contributed by atoms with Crippen LogP contribution in [0.3, 0.4) is 0 Å². The van der Waals surface area contributed by atoms with Crippen molar-refractivity contribution >= 4 is 44.5 Å². The first-order valence-corrected chi connectivity index (χ1v) is 8.71. The van der Waals surface area contributed by atoms with Gasteiger partial charge < -0.3 is 4.74 Å². The van der Waals surface area contributed by atoms with Crippen LogP contribution >= 0.6 is 15.9 Å². The van der Waals surface area contributed by atoms with E-state index in [1.807, 2.05) is 30.3 Å². The van der Waals surface area contributed by atoms with Crippen LogP contribution in [0.1, 0.15) is 5.56 Å². The van der Waals surface area contributed by atoms with Crippen LogP contribution in [0, 0.1) is 10.1 Å². The van der Waals surface area contributed by atoms with E-state index in [1.54, 1.807) is 18.2 Å². The molecule has 0 fully saturated rings. The fraction of sp³-hybridized carbons (Fsp3) is 0.0526. The van der Waals surface area contributed by atoms with E-state index in [-0.39, 0.29) is 12.3 Å². The zero-order valence-corrected chi connectivity index (χ0v) is 15.5. The standard InChI is InChI=1S/C19H14BrN3O4/c20-19-15-7-3-1-5-13(15)9-10-17(19)27-12-18(24)22-21-11-14-6-2-4-8-16(14)23(25)26/h1-11H,12H2,(H,22,24)/b21-11+. The lowest BCUT2D eigenvalue weighted by atomic mass is 10.1. The summed E-state index contributed by atoms with van der Waals surface area (Å²) < 4.78 is 6.29. The number of benzene rings is 3. The van der Waals surface area contributed by atoms with E-state index in [0.717, 1.165) is 15.2 Å². The molecule has 0 aliphatic rings. The van der Waals surface area contributed by atoms with Gasteiger partial charge in [0.25, 0.3) is 11.6 Å². The monoisotopic (exact) mass is 427 g/mol. The van der Waals surface area contributed by atoms with Gasteiger partial charge in [0.15, 0.2) is 6.61 Å². The molecule has 7 nitrogen and oxygen atoms in total. The van der Waals surface area contributed by atoms with Gasteiger partial charge in [-0.1, -0.05) is 42.5 Å². The highest BCUT2D eigenvalue weighted by molar-refractivity contribution is 9.10. The van der Waals surface area contributed by atoms with Crippen LogP contribution < -0.4 is 10.2 Å². The number of nitrogens with zero attached hydrogens (tertiary/aromatic N) is 2. The third-order valence-corrected chi connectivity index (χ3v) is 4.53. The van der Waals surface area contributed by atoms with Gasteiger partial charge in [0.05, 0.1) is 21.2 Å². The van der Waals surface area contributed by atoms with Gasteiger partial charge in [-0.25, -0.2) is 5.43 Å². The number of hydrazone groups is 1. The van der Waals surface area contributed by atoms with Crippen molar-refractivity contribution in [3.63, 3.8) is 0 Å². The van der Waals surface area contributed by atoms with Gasteiger partial charge in [-0.3, -0.25) is 14.9 Å².